The van der Waals surface area contributed by atoms with E-state index < -0.39 is 6.16 Å². The summed E-state index contributed by atoms with van der Waals surface area (Å²) in [7, 11) is 0. The molecule has 0 bridgehead atoms. The maximum absolute atomic E-state index is 12.6. The van der Waals surface area contributed by atoms with Crippen molar-refractivity contribution in [3.8, 4) is 11.8 Å². The predicted octanol–water partition coefficient (Wildman–Crippen LogP) is 4.62. The van der Waals surface area contributed by atoms with Gasteiger partial charge in [0.1, 0.15) is 0 Å². The number of carbonyl (C=O) groups is 1. The third-order valence-corrected chi connectivity index (χ3v) is 5.97. The van der Waals surface area contributed by atoms with Gasteiger partial charge < -0.3 is 18.9 Å². The van der Waals surface area contributed by atoms with E-state index in [4.69, 9.17) is 18.9 Å². The van der Waals surface area contributed by atoms with Crippen LogP contribution in [0.4, 0.5) is 4.79 Å². The minimum atomic E-state index is -0.844. The highest BCUT2D eigenvalue weighted by molar-refractivity contribution is 5.67. The van der Waals surface area contributed by atoms with Gasteiger partial charge in [-0.25, -0.2) is 14.8 Å². The van der Waals surface area contributed by atoms with Gasteiger partial charge in [-0.2, -0.15) is 0 Å². The van der Waals surface area contributed by atoms with Crippen molar-refractivity contribution in [2.45, 2.75) is 63.6 Å². The lowest BCUT2D eigenvalue weighted by molar-refractivity contribution is 0.0104. The zero-order valence-corrected chi connectivity index (χ0v) is 17.5. The van der Waals surface area contributed by atoms with Crippen molar-refractivity contribution in [3.63, 3.8) is 0 Å². The van der Waals surface area contributed by atoms with Crippen molar-refractivity contribution < 1.29 is 23.7 Å². The first-order chi connectivity index (χ1) is 14.6. The number of aromatic nitrogens is 2. The smallest absolute Gasteiger partial charge is 0.378 e. The topological polar surface area (TPSA) is 79.8 Å². The highest BCUT2D eigenvalue weighted by Crippen LogP contribution is 2.37. The molecule has 0 spiro atoms. The van der Waals surface area contributed by atoms with Gasteiger partial charge in [0, 0.05) is 48.6 Å². The summed E-state index contributed by atoms with van der Waals surface area (Å²) in [4.78, 5) is 21.2. The summed E-state index contributed by atoms with van der Waals surface area (Å²) < 4.78 is 22.6. The molecule has 0 amide bonds. The van der Waals surface area contributed by atoms with E-state index in [0.29, 0.717) is 0 Å². The van der Waals surface area contributed by atoms with Gasteiger partial charge in [0.15, 0.2) is 0 Å². The molecular formula is C23H28N2O5. The molecule has 7 nitrogen and oxygen atoms in total. The molecule has 2 aliphatic rings. The Labute approximate surface area is 176 Å². The Morgan fingerprint density at radius 2 is 1.33 bits per heavy atom. The molecule has 2 fully saturated rings. The molecule has 4 unspecified atom stereocenters. The van der Waals surface area contributed by atoms with Gasteiger partial charge in [0.05, 0.1) is 12.2 Å². The first-order valence-electron chi connectivity index (χ1n) is 10.7. The van der Waals surface area contributed by atoms with Crippen LogP contribution >= 0.6 is 0 Å². The Balaban J connectivity index is 1.50. The number of hydrogen-bond donors (Lipinski definition) is 0. The van der Waals surface area contributed by atoms with E-state index in [0.717, 1.165) is 50.0 Å². The summed E-state index contributed by atoms with van der Waals surface area (Å²) in [6.45, 7) is 5.57. The van der Waals surface area contributed by atoms with Gasteiger partial charge >= 0.3 is 6.16 Å². The van der Waals surface area contributed by atoms with Gasteiger partial charge in [-0.05, 0) is 51.7 Å². The summed E-state index contributed by atoms with van der Waals surface area (Å²) in [5.74, 6) is 0.773. The fourth-order valence-corrected chi connectivity index (χ4v) is 4.38. The van der Waals surface area contributed by atoms with Crippen LogP contribution in [0.25, 0.3) is 0 Å². The molecule has 4 rings (SSSR count). The number of nitrogens with zero attached hydrogens (tertiary/aromatic N) is 2. The molecule has 4 heterocycles. The monoisotopic (exact) mass is 412 g/mol. The molecule has 2 saturated heterocycles. The molecule has 0 saturated carbocycles. The molecule has 0 aromatic carbocycles. The molecular weight excluding hydrogens is 384 g/mol. The summed E-state index contributed by atoms with van der Waals surface area (Å²) in [6.07, 6.45) is 6.29. The van der Waals surface area contributed by atoms with Gasteiger partial charge in [0.25, 0.3) is 0 Å². The molecule has 30 heavy (non-hydrogen) atoms. The maximum atomic E-state index is 12.6. The normalized spacial score (nSPS) is 26.7. The Morgan fingerprint density at radius 1 is 0.867 bits per heavy atom. The SMILES string of the molecule is CC1OCCCC1c1cccnc1OC(=O)Oc1ncccc1C1CCCOC1C. The Morgan fingerprint density at radius 3 is 1.77 bits per heavy atom. The molecule has 2 aromatic heterocycles. The van der Waals surface area contributed by atoms with E-state index in [-0.39, 0.29) is 35.8 Å². The van der Waals surface area contributed by atoms with E-state index in [9.17, 15) is 4.79 Å². The zero-order valence-electron chi connectivity index (χ0n) is 17.5. The summed E-state index contributed by atoms with van der Waals surface area (Å²) in [5, 5.41) is 0. The third kappa shape index (κ3) is 4.63. The second-order valence-corrected chi connectivity index (χ2v) is 7.90. The molecule has 2 aliphatic heterocycles. The molecule has 4 atom stereocenters. The average molecular weight is 412 g/mol. The van der Waals surface area contributed by atoms with Crippen molar-refractivity contribution in [3.05, 3.63) is 47.8 Å². The summed E-state index contributed by atoms with van der Waals surface area (Å²) in [5.41, 5.74) is 1.72. The van der Waals surface area contributed by atoms with E-state index in [1.807, 2.05) is 38.1 Å². The molecule has 160 valence electrons. The average Bonchev–Trinajstić information content (AvgIpc) is 2.76. The van der Waals surface area contributed by atoms with Crippen LogP contribution in [0.3, 0.4) is 0 Å². The number of pyridine rings is 2. The molecule has 7 heteroatoms. The van der Waals surface area contributed by atoms with Crippen molar-refractivity contribution in [2.75, 3.05) is 13.2 Å². The van der Waals surface area contributed by atoms with E-state index in [2.05, 4.69) is 9.97 Å². The lowest BCUT2D eigenvalue weighted by Gasteiger charge is -2.30. The van der Waals surface area contributed by atoms with Crippen LogP contribution in [0.5, 0.6) is 11.8 Å². The molecule has 2 aromatic rings. The van der Waals surface area contributed by atoms with Crippen molar-refractivity contribution >= 4 is 6.16 Å². The van der Waals surface area contributed by atoms with E-state index in [1.54, 1.807) is 12.4 Å². The number of rotatable bonds is 4. The van der Waals surface area contributed by atoms with Crippen molar-refractivity contribution in [1.29, 1.82) is 0 Å². The predicted molar refractivity (Wildman–Crippen MR) is 110 cm³/mol. The molecule has 0 aliphatic carbocycles. The second kappa shape index (κ2) is 9.53. The summed E-state index contributed by atoms with van der Waals surface area (Å²) in [6, 6.07) is 7.55. The first-order valence-corrected chi connectivity index (χ1v) is 10.7. The van der Waals surface area contributed by atoms with Crippen LogP contribution in [0.2, 0.25) is 0 Å². The van der Waals surface area contributed by atoms with Crippen molar-refractivity contribution in [2.24, 2.45) is 0 Å². The van der Waals surface area contributed by atoms with Crippen LogP contribution in [-0.2, 0) is 9.47 Å². The van der Waals surface area contributed by atoms with E-state index in [1.165, 1.54) is 0 Å². The first kappa shape index (κ1) is 20.8. The number of hydrogen-bond acceptors (Lipinski definition) is 7. The van der Waals surface area contributed by atoms with Gasteiger partial charge in [-0.15, -0.1) is 0 Å². The number of carbonyl (C=O) groups excluding carboxylic acids is 1. The fraction of sp³-hybridized carbons (Fsp3) is 0.522. The zero-order chi connectivity index (χ0) is 20.9. The third-order valence-electron chi connectivity index (χ3n) is 5.97. The van der Waals surface area contributed by atoms with Gasteiger partial charge in [-0.1, -0.05) is 12.1 Å². The minimum absolute atomic E-state index is 0.0384. The Hall–Kier alpha value is -2.51. The lowest BCUT2D eigenvalue weighted by atomic mass is 9.89. The minimum Gasteiger partial charge on any atom is -0.378 e. The fourth-order valence-electron chi connectivity index (χ4n) is 4.38. The van der Waals surface area contributed by atoms with Crippen LogP contribution in [0.1, 0.15) is 62.5 Å². The van der Waals surface area contributed by atoms with Crippen molar-refractivity contribution in [1.82, 2.24) is 9.97 Å². The Kier molecular flexibility index (Phi) is 6.59. The Bertz CT molecular complexity index is 805. The second-order valence-electron chi connectivity index (χ2n) is 7.90. The van der Waals surface area contributed by atoms with Crippen LogP contribution in [0.15, 0.2) is 36.7 Å². The van der Waals surface area contributed by atoms with Gasteiger partial charge in [-0.3, -0.25) is 0 Å². The van der Waals surface area contributed by atoms with Gasteiger partial charge in [0.2, 0.25) is 11.8 Å². The highest BCUT2D eigenvalue weighted by Gasteiger charge is 2.30. The van der Waals surface area contributed by atoms with E-state index >= 15 is 0 Å². The van der Waals surface area contributed by atoms with Crippen LogP contribution in [0, 0.1) is 0 Å². The van der Waals surface area contributed by atoms with Crippen LogP contribution in [-0.4, -0.2) is 41.5 Å². The quantitative estimate of drug-likeness (QED) is 0.678. The maximum Gasteiger partial charge on any atom is 0.522 e. The lowest BCUT2D eigenvalue weighted by Crippen LogP contribution is -2.27. The molecule has 0 N–H and O–H groups in total. The highest BCUT2D eigenvalue weighted by atomic mass is 16.7. The van der Waals surface area contributed by atoms with Crippen LogP contribution < -0.4 is 9.47 Å². The molecule has 0 radical (unpaired) electrons. The number of ether oxygens (including phenoxy) is 4. The standard InChI is InChI=1S/C23H28N2O5/c1-15-17(9-5-13-27-15)19-7-3-11-24-21(19)29-23(26)30-22-20(8-4-12-25-22)18-10-6-14-28-16(18)2/h3-4,7-8,11-12,15-18H,5-6,9-10,13-14H2,1-2H3. The summed E-state index contributed by atoms with van der Waals surface area (Å²) >= 11 is 0. The largest absolute Gasteiger partial charge is 0.522 e.